The van der Waals surface area contributed by atoms with Gasteiger partial charge in [-0.1, -0.05) is 54.4 Å². The number of nitrogens with zero attached hydrogens (tertiary/aromatic N) is 1. The van der Waals surface area contributed by atoms with Crippen LogP contribution in [0.15, 0.2) is 53.4 Å². The average Bonchev–Trinajstić information content (AvgIpc) is 2.67. The van der Waals surface area contributed by atoms with Crippen LogP contribution in [0.1, 0.15) is 37.0 Å². The van der Waals surface area contributed by atoms with E-state index in [0.29, 0.717) is 25.3 Å². The van der Waals surface area contributed by atoms with Gasteiger partial charge in [0.15, 0.2) is 0 Å². The van der Waals surface area contributed by atoms with Gasteiger partial charge in [0.05, 0.1) is 5.75 Å². The molecule has 2 rings (SSSR count). The molecule has 0 aromatic heterocycles. The van der Waals surface area contributed by atoms with Gasteiger partial charge in [-0.25, -0.2) is 0 Å². The highest BCUT2D eigenvalue weighted by Crippen LogP contribution is 2.21. The summed E-state index contributed by atoms with van der Waals surface area (Å²) in [5, 5.41) is 2.87. The zero-order valence-electron chi connectivity index (χ0n) is 17.2. The first-order valence-corrected chi connectivity index (χ1v) is 10.7. The van der Waals surface area contributed by atoms with Crippen molar-refractivity contribution in [2.24, 2.45) is 0 Å². The van der Waals surface area contributed by atoms with Gasteiger partial charge in [-0.15, -0.1) is 11.8 Å². The first-order valence-electron chi connectivity index (χ1n) is 9.76. The van der Waals surface area contributed by atoms with Gasteiger partial charge in [0, 0.05) is 18.0 Å². The number of benzene rings is 2. The van der Waals surface area contributed by atoms with Crippen LogP contribution in [0.5, 0.6) is 0 Å². The normalized spacial score (nSPS) is 11.7. The minimum Gasteiger partial charge on any atom is -0.355 e. The Bertz CT molecular complexity index is 789. The Labute approximate surface area is 172 Å². The maximum atomic E-state index is 13.1. The minimum atomic E-state index is -0.466. The third-order valence-electron chi connectivity index (χ3n) is 4.56. The lowest BCUT2D eigenvalue weighted by atomic mass is 10.1. The van der Waals surface area contributed by atoms with Crippen LogP contribution in [0.4, 0.5) is 0 Å². The molecule has 1 N–H and O–H groups in total. The smallest absolute Gasteiger partial charge is 0.242 e. The number of rotatable bonds is 9. The van der Waals surface area contributed by atoms with Gasteiger partial charge in [-0.3, -0.25) is 9.59 Å². The van der Waals surface area contributed by atoms with Gasteiger partial charge in [0.2, 0.25) is 11.8 Å². The van der Waals surface area contributed by atoms with Crippen LogP contribution in [0.3, 0.4) is 0 Å². The first kappa shape index (κ1) is 22.0. The maximum Gasteiger partial charge on any atom is 0.242 e. The number of hydrogen-bond donors (Lipinski definition) is 1. The molecule has 2 amide bonds. The number of nitrogens with one attached hydrogen (secondary N) is 1. The fourth-order valence-corrected chi connectivity index (χ4v) is 3.87. The van der Waals surface area contributed by atoms with Crippen LogP contribution in [0.25, 0.3) is 0 Å². The highest BCUT2D eigenvalue weighted by molar-refractivity contribution is 8.00. The fourth-order valence-electron chi connectivity index (χ4n) is 3.08. The van der Waals surface area contributed by atoms with E-state index in [-0.39, 0.29) is 11.8 Å². The molecule has 0 saturated heterocycles. The largest absolute Gasteiger partial charge is 0.355 e. The molecule has 0 unspecified atom stereocenters. The van der Waals surface area contributed by atoms with Crippen LogP contribution in [0, 0.1) is 13.8 Å². The molecule has 5 heteroatoms. The average molecular weight is 399 g/mol. The van der Waals surface area contributed by atoms with Gasteiger partial charge in [0.1, 0.15) is 6.04 Å². The number of aryl methyl sites for hydroxylation is 2. The molecule has 2 aromatic rings. The van der Waals surface area contributed by atoms with Crippen molar-refractivity contribution < 1.29 is 9.59 Å². The summed E-state index contributed by atoms with van der Waals surface area (Å²) >= 11 is 1.51. The molecule has 1 atom stereocenters. The van der Waals surface area contributed by atoms with E-state index in [1.807, 2.05) is 70.2 Å². The number of carbonyl (C=O) groups is 2. The minimum absolute atomic E-state index is 0.0230. The summed E-state index contributed by atoms with van der Waals surface area (Å²) in [5.74, 6) is 0.196. The van der Waals surface area contributed by atoms with Crippen LogP contribution in [-0.2, 0) is 16.1 Å². The van der Waals surface area contributed by atoms with Gasteiger partial charge >= 0.3 is 0 Å². The van der Waals surface area contributed by atoms with E-state index in [1.54, 1.807) is 4.90 Å². The number of thioether (sulfide) groups is 1. The maximum absolute atomic E-state index is 13.1. The van der Waals surface area contributed by atoms with Crippen molar-refractivity contribution in [1.29, 1.82) is 0 Å². The van der Waals surface area contributed by atoms with Crippen LogP contribution >= 0.6 is 11.8 Å². The molecule has 0 aliphatic heterocycles. The predicted octanol–water partition coefficient (Wildman–Crippen LogP) is 4.34. The highest BCUT2D eigenvalue weighted by atomic mass is 32.2. The van der Waals surface area contributed by atoms with E-state index in [9.17, 15) is 9.59 Å². The quantitative estimate of drug-likeness (QED) is 0.639. The number of carbonyl (C=O) groups excluding carboxylic acids is 2. The molecule has 0 heterocycles. The Morgan fingerprint density at radius 3 is 2.36 bits per heavy atom. The Morgan fingerprint density at radius 2 is 1.75 bits per heavy atom. The molecular weight excluding hydrogens is 368 g/mol. The molecule has 150 valence electrons. The third-order valence-corrected chi connectivity index (χ3v) is 5.55. The SMILES string of the molecule is CCNC(=O)[C@@H](CC)N(Cc1cccc(C)c1)C(=O)CSc1ccc(C)cc1. The lowest BCUT2D eigenvalue weighted by Gasteiger charge is -2.30. The van der Waals surface area contributed by atoms with Crippen LogP contribution in [0.2, 0.25) is 0 Å². The molecule has 0 fully saturated rings. The van der Waals surface area contributed by atoms with Gasteiger partial charge in [-0.05, 0) is 44.9 Å². The van der Waals surface area contributed by atoms with Crippen LogP contribution < -0.4 is 5.32 Å². The van der Waals surface area contributed by atoms with Gasteiger partial charge in [-0.2, -0.15) is 0 Å². The topological polar surface area (TPSA) is 49.4 Å². The van der Waals surface area contributed by atoms with E-state index in [1.165, 1.54) is 17.3 Å². The van der Waals surface area contributed by atoms with Crippen molar-refractivity contribution in [3.05, 3.63) is 65.2 Å². The molecule has 0 aliphatic rings. The van der Waals surface area contributed by atoms with E-state index in [2.05, 4.69) is 11.4 Å². The van der Waals surface area contributed by atoms with Crippen molar-refractivity contribution in [3.8, 4) is 0 Å². The summed E-state index contributed by atoms with van der Waals surface area (Å²) in [6.07, 6.45) is 0.582. The standard InChI is InChI=1S/C23H30N2O2S/c1-5-21(23(27)24-6-2)25(15-19-9-7-8-18(4)14-19)22(26)16-28-20-12-10-17(3)11-13-20/h7-14,21H,5-6,15-16H2,1-4H3,(H,24,27)/t21-/m1/s1. The molecule has 28 heavy (non-hydrogen) atoms. The Kier molecular flexibility index (Phi) is 8.58. The zero-order chi connectivity index (χ0) is 20.5. The number of hydrogen-bond acceptors (Lipinski definition) is 3. The van der Waals surface area contributed by atoms with E-state index in [0.717, 1.165) is 16.0 Å². The molecular formula is C23H30N2O2S. The van der Waals surface area contributed by atoms with E-state index < -0.39 is 6.04 Å². The van der Waals surface area contributed by atoms with Crippen molar-refractivity contribution in [2.75, 3.05) is 12.3 Å². The van der Waals surface area contributed by atoms with Crippen LogP contribution in [-0.4, -0.2) is 35.1 Å². The summed E-state index contributed by atoms with van der Waals surface area (Å²) in [7, 11) is 0. The summed E-state index contributed by atoms with van der Waals surface area (Å²) < 4.78 is 0. The molecule has 0 saturated carbocycles. The molecule has 0 bridgehead atoms. The molecule has 0 radical (unpaired) electrons. The van der Waals surface area contributed by atoms with Gasteiger partial charge < -0.3 is 10.2 Å². The second-order valence-corrected chi connectivity index (χ2v) is 7.98. The zero-order valence-corrected chi connectivity index (χ0v) is 18.0. The summed E-state index contributed by atoms with van der Waals surface area (Å²) in [4.78, 5) is 28.5. The lowest BCUT2D eigenvalue weighted by Crippen LogP contribution is -2.49. The molecule has 0 aliphatic carbocycles. The van der Waals surface area contributed by atoms with Crippen molar-refractivity contribution in [1.82, 2.24) is 10.2 Å². The number of likely N-dealkylation sites (N-methyl/N-ethyl adjacent to an activating group) is 1. The first-order chi connectivity index (χ1) is 13.4. The second-order valence-electron chi connectivity index (χ2n) is 6.93. The molecule has 0 spiro atoms. The summed E-state index contributed by atoms with van der Waals surface area (Å²) in [6, 6.07) is 15.8. The van der Waals surface area contributed by atoms with Gasteiger partial charge in [0.25, 0.3) is 0 Å². The van der Waals surface area contributed by atoms with Crippen molar-refractivity contribution in [2.45, 2.75) is 51.6 Å². The van der Waals surface area contributed by atoms with E-state index >= 15 is 0 Å². The Morgan fingerprint density at radius 1 is 1.04 bits per heavy atom. The second kappa shape index (κ2) is 10.9. The summed E-state index contributed by atoms with van der Waals surface area (Å²) in [5.41, 5.74) is 3.38. The third kappa shape index (κ3) is 6.41. The fraction of sp³-hybridized carbons (Fsp3) is 0.391. The number of amides is 2. The Hall–Kier alpha value is -2.27. The molecule has 4 nitrogen and oxygen atoms in total. The predicted molar refractivity (Wildman–Crippen MR) is 116 cm³/mol. The van der Waals surface area contributed by atoms with Crippen molar-refractivity contribution >= 4 is 23.6 Å². The van der Waals surface area contributed by atoms with Crippen molar-refractivity contribution in [3.63, 3.8) is 0 Å². The van der Waals surface area contributed by atoms with E-state index in [4.69, 9.17) is 0 Å². The summed E-state index contributed by atoms with van der Waals surface area (Å²) in [6.45, 7) is 8.91. The lowest BCUT2D eigenvalue weighted by molar-refractivity contribution is -0.139. The highest BCUT2D eigenvalue weighted by Gasteiger charge is 2.28. The molecule has 2 aromatic carbocycles. The monoisotopic (exact) mass is 398 g/mol. The Balaban J connectivity index is 2.18.